The molecule has 7 nitrogen and oxygen atoms in total. The number of aromatic amines is 1. The third-order valence-electron chi connectivity index (χ3n) is 3.72. The average Bonchev–Trinajstić information content (AvgIpc) is 2.89. The molecule has 2 N–H and O–H groups in total. The van der Waals surface area contributed by atoms with Crippen molar-refractivity contribution in [2.75, 3.05) is 0 Å². The van der Waals surface area contributed by atoms with Crippen LogP contribution in [0.15, 0.2) is 23.1 Å². The third-order valence-corrected chi connectivity index (χ3v) is 3.72. The van der Waals surface area contributed by atoms with Crippen molar-refractivity contribution in [1.29, 1.82) is 0 Å². The van der Waals surface area contributed by atoms with Crippen LogP contribution in [0.25, 0.3) is 16.7 Å². The van der Waals surface area contributed by atoms with Crippen molar-refractivity contribution in [2.24, 2.45) is 0 Å². The van der Waals surface area contributed by atoms with E-state index in [0.29, 0.717) is 16.8 Å². The standard InChI is InChI=1S/C16H16F2N4O3/c1-7-4-10(25-16(17)18)5-8(2)12(7)22-6-11-14(21-22)19-13(9(3)23)20-15(11)24/h4-6,9,16,23H,1-3H3,(H,19,20,21,24)/t9-/m0/s1. The molecule has 0 spiro atoms. The zero-order chi connectivity index (χ0) is 18.3. The second-order valence-electron chi connectivity index (χ2n) is 5.72. The monoisotopic (exact) mass is 350 g/mol. The quantitative estimate of drug-likeness (QED) is 0.754. The highest BCUT2D eigenvalue weighted by Crippen LogP contribution is 2.26. The second-order valence-corrected chi connectivity index (χ2v) is 5.72. The lowest BCUT2D eigenvalue weighted by Gasteiger charge is -2.12. The smallest absolute Gasteiger partial charge is 0.387 e. The summed E-state index contributed by atoms with van der Waals surface area (Å²) in [7, 11) is 0. The zero-order valence-electron chi connectivity index (χ0n) is 13.7. The van der Waals surface area contributed by atoms with E-state index in [-0.39, 0.29) is 22.6 Å². The van der Waals surface area contributed by atoms with Crippen LogP contribution in [0.5, 0.6) is 5.75 Å². The largest absolute Gasteiger partial charge is 0.435 e. The molecule has 0 saturated heterocycles. The van der Waals surface area contributed by atoms with Crippen molar-refractivity contribution < 1.29 is 18.6 Å². The maximum absolute atomic E-state index is 12.4. The van der Waals surface area contributed by atoms with Gasteiger partial charge in [0.15, 0.2) is 5.65 Å². The van der Waals surface area contributed by atoms with Gasteiger partial charge in [-0.1, -0.05) is 0 Å². The Morgan fingerprint density at radius 3 is 2.48 bits per heavy atom. The maximum atomic E-state index is 12.4. The molecule has 25 heavy (non-hydrogen) atoms. The zero-order valence-corrected chi connectivity index (χ0v) is 13.7. The first kappa shape index (κ1) is 17.0. The Bertz CT molecular complexity index is 972. The van der Waals surface area contributed by atoms with Gasteiger partial charge >= 0.3 is 6.61 Å². The SMILES string of the molecule is Cc1cc(OC(F)F)cc(C)c1-n1cc2c(=O)[nH]c([C@H](C)O)nc2n1. The lowest BCUT2D eigenvalue weighted by atomic mass is 10.1. The van der Waals surface area contributed by atoms with Crippen LogP contribution in [0.2, 0.25) is 0 Å². The van der Waals surface area contributed by atoms with E-state index in [0.717, 1.165) is 0 Å². The van der Waals surface area contributed by atoms with Crippen LogP contribution >= 0.6 is 0 Å². The first-order chi connectivity index (χ1) is 11.8. The van der Waals surface area contributed by atoms with Crippen LogP contribution in [0.1, 0.15) is 30.0 Å². The number of aliphatic hydroxyl groups is 1. The second kappa shape index (κ2) is 6.25. The molecule has 9 heteroatoms. The van der Waals surface area contributed by atoms with E-state index < -0.39 is 18.3 Å². The molecule has 3 aromatic rings. The number of alkyl halides is 2. The number of nitrogens with zero attached hydrogens (tertiary/aromatic N) is 3. The van der Waals surface area contributed by atoms with Gasteiger partial charge in [0, 0.05) is 6.20 Å². The number of ether oxygens (including phenoxy) is 1. The number of hydrogen-bond acceptors (Lipinski definition) is 5. The minimum Gasteiger partial charge on any atom is -0.435 e. The van der Waals surface area contributed by atoms with Gasteiger partial charge in [0.25, 0.3) is 5.56 Å². The lowest BCUT2D eigenvalue weighted by Crippen LogP contribution is -2.12. The Labute approximate surface area is 140 Å². The summed E-state index contributed by atoms with van der Waals surface area (Å²) in [5.74, 6) is 0.176. The fourth-order valence-corrected chi connectivity index (χ4v) is 2.69. The van der Waals surface area contributed by atoms with Gasteiger partial charge in [-0.25, -0.2) is 9.67 Å². The van der Waals surface area contributed by atoms with Crippen molar-refractivity contribution >= 4 is 11.0 Å². The van der Waals surface area contributed by atoms with Crippen LogP contribution in [0.3, 0.4) is 0 Å². The van der Waals surface area contributed by atoms with Crippen LogP contribution in [0, 0.1) is 13.8 Å². The Morgan fingerprint density at radius 2 is 1.92 bits per heavy atom. The summed E-state index contributed by atoms with van der Waals surface area (Å²) in [6, 6.07) is 2.94. The molecule has 0 aliphatic heterocycles. The summed E-state index contributed by atoms with van der Waals surface area (Å²) in [4.78, 5) is 18.8. The highest BCUT2D eigenvalue weighted by atomic mass is 19.3. The van der Waals surface area contributed by atoms with Gasteiger partial charge in [-0.2, -0.15) is 8.78 Å². The molecule has 0 aliphatic carbocycles. The molecule has 0 bridgehead atoms. The number of aliphatic hydroxyl groups excluding tert-OH is 1. The van der Waals surface area contributed by atoms with E-state index in [9.17, 15) is 18.7 Å². The third kappa shape index (κ3) is 3.22. The van der Waals surface area contributed by atoms with E-state index >= 15 is 0 Å². The number of aryl methyl sites for hydroxylation is 2. The van der Waals surface area contributed by atoms with Gasteiger partial charge in [-0.3, -0.25) is 4.79 Å². The fraction of sp³-hybridized carbons (Fsp3) is 0.312. The predicted molar refractivity (Wildman–Crippen MR) is 86.2 cm³/mol. The van der Waals surface area contributed by atoms with E-state index in [1.165, 1.54) is 29.9 Å². The van der Waals surface area contributed by atoms with Crippen molar-refractivity contribution in [3.05, 3.63) is 45.6 Å². The normalized spacial score (nSPS) is 12.8. The van der Waals surface area contributed by atoms with Gasteiger partial charge in [-0.05, 0) is 44.0 Å². The first-order valence-corrected chi connectivity index (χ1v) is 7.50. The molecule has 0 aliphatic rings. The predicted octanol–water partition coefficient (Wildman–Crippen LogP) is 2.38. The van der Waals surface area contributed by atoms with E-state index in [1.807, 2.05) is 0 Å². The Balaban J connectivity index is 2.13. The summed E-state index contributed by atoms with van der Waals surface area (Å²) in [6.45, 7) is 2.04. The summed E-state index contributed by atoms with van der Waals surface area (Å²) in [5.41, 5.74) is 1.70. The first-order valence-electron chi connectivity index (χ1n) is 7.50. The van der Waals surface area contributed by atoms with E-state index in [4.69, 9.17) is 0 Å². The lowest BCUT2D eigenvalue weighted by molar-refractivity contribution is -0.0498. The average molecular weight is 350 g/mol. The summed E-state index contributed by atoms with van der Waals surface area (Å²) in [5, 5.41) is 14.1. The van der Waals surface area contributed by atoms with Crippen LogP contribution < -0.4 is 10.3 Å². The van der Waals surface area contributed by atoms with Gasteiger partial charge in [0.05, 0.1) is 5.69 Å². The molecular weight excluding hydrogens is 334 g/mol. The number of halogens is 2. The molecule has 2 heterocycles. The topological polar surface area (TPSA) is 93.0 Å². The van der Waals surface area contributed by atoms with Gasteiger partial charge in [0.1, 0.15) is 23.1 Å². The number of hydrogen-bond donors (Lipinski definition) is 2. The summed E-state index contributed by atoms with van der Waals surface area (Å²) >= 11 is 0. The van der Waals surface area contributed by atoms with E-state index in [1.54, 1.807) is 13.8 Å². The number of benzene rings is 1. The fourth-order valence-electron chi connectivity index (χ4n) is 2.69. The van der Waals surface area contributed by atoms with E-state index in [2.05, 4.69) is 19.8 Å². The molecule has 3 rings (SSSR count). The van der Waals surface area contributed by atoms with Crippen LogP contribution in [0.4, 0.5) is 8.78 Å². The van der Waals surface area contributed by atoms with Gasteiger partial charge in [0.2, 0.25) is 0 Å². The van der Waals surface area contributed by atoms with Gasteiger partial charge < -0.3 is 14.8 Å². The maximum Gasteiger partial charge on any atom is 0.387 e. The minimum absolute atomic E-state index is 0.0535. The molecule has 0 saturated carbocycles. The molecule has 132 valence electrons. The number of nitrogens with one attached hydrogen (secondary N) is 1. The number of H-pyrrole nitrogens is 1. The number of rotatable bonds is 4. The number of fused-ring (bicyclic) bond motifs is 1. The van der Waals surface area contributed by atoms with Gasteiger partial charge in [-0.15, -0.1) is 5.10 Å². The Morgan fingerprint density at radius 1 is 1.28 bits per heavy atom. The van der Waals surface area contributed by atoms with Crippen LogP contribution in [-0.2, 0) is 0 Å². The van der Waals surface area contributed by atoms with Crippen LogP contribution in [-0.4, -0.2) is 31.5 Å². The highest BCUT2D eigenvalue weighted by molar-refractivity contribution is 5.73. The Kier molecular flexibility index (Phi) is 4.25. The molecular formula is C16H16F2N4O3. The molecule has 2 aromatic heterocycles. The molecule has 1 atom stereocenters. The highest BCUT2D eigenvalue weighted by Gasteiger charge is 2.16. The van der Waals surface area contributed by atoms with Crippen molar-refractivity contribution in [3.8, 4) is 11.4 Å². The minimum atomic E-state index is -2.90. The molecule has 1 aromatic carbocycles. The summed E-state index contributed by atoms with van der Waals surface area (Å²) < 4.78 is 30.7. The Hall–Kier alpha value is -2.81. The van der Waals surface area contributed by atoms with Crippen molar-refractivity contribution in [1.82, 2.24) is 19.7 Å². The molecule has 0 fully saturated rings. The molecule has 0 amide bonds. The number of aromatic nitrogens is 4. The van der Waals surface area contributed by atoms with Crippen molar-refractivity contribution in [2.45, 2.75) is 33.5 Å². The van der Waals surface area contributed by atoms with Crippen molar-refractivity contribution in [3.63, 3.8) is 0 Å². The molecule has 0 radical (unpaired) electrons. The molecule has 0 unspecified atom stereocenters. The summed E-state index contributed by atoms with van der Waals surface area (Å²) in [6.07, 6.45) is 0.576.